The molecule has 0 saturated heterocycles. The molecule has 9 heteroatoms. The van der Waals surface area contributed by atoms with Gasteiger partial charge in [0.05, 0.1) is 0 Å². The van der Waals surface area contributed by atoms with E-state index in [1.54, 1.807) is 0 Å². The average molecular weight is 1010 g/mol. The van der Waals surface area contributed by atoms with Gasteiger partial charge in [-0.15, -0.1) is 11.6 Å². The fourth-order valence-corrected chi connectivity index (χ4v) is 9.61. The smallest absolute Gasteiger partial charge is 1.00 e. The van der Waals surface area contributed by atoms with Gasteiger partial charge in [0.15, 0.2) is 0 Å². The maximum atomic E-state index is 12.7. The van der Waals surface area contributed by atoms with E-state index < -0.39 is 23.5 Å². The normalized spacial score (nSPS) is 15.6. The summed E-state index contributed by atoms with van der Waals surface area (Å²) in [6.07, 6.45) is -1.57. The van der Waals surface area contributed by atoms with E-state index in [0.29, 0.717) is 8.62 Å². The van der Waals surface area contributed by atoms with Crippen LogP contribution in [0.4, 0.5) is 26.3 Å². The first kappa shape index (κ1) is 54.2. The molecule has 0 spiro atoms. The van der Waals surface area contributed by atoms with Crippen LogP contribution in [-0.4, -0.2) is 3.21 Å². The monoisotopic (exact) mass is 1010 g/mol. The molecular formula is C56H60Cl2F6Zr-2. The Bertz CT molecular complexity index is 2490. The molecule has 0 aliphatic heterocycles. The van der Waals surface area contributed by atoms with Crippen LogP contribution in [-0.2, 0) is 59.3 Å². The van der Waals surface area contributed by atoms with E-state index in [0.717, 1.165) is 54.9 Å². The third-order valence-corrected chi connectivity index (χ3v) is 13.7. The molecule has 0 bridgehead atoms. The van der Waals surface area contributed by atoms with Crippen LogP contribution in [0.3, 0.4) is 0 Å². The van der Waals surface area contributed by atoms with Gasteiger partial charge in [-0.2, -0.15) is 28.8 Å². The van der Waals surface area contributed by atoms with Gasteiger partial charge in [0.25, 0.3) is 0 Å². The fourth-order valence-electron chi connectivity index (χ4n) is 8.84. The summed E-state index contributed by atoms with van der Waals surface area (Å²) in [6, 6.07) is 25.8. The van der Waals surface area contributed by atoms with E-state index in [-0.39, 0.29) is 57.6 Å². The Morgan fingerprint density at radius 3 is 1.46 bits per heavy atom. The summed E-state index contributed by atoms with van der Waals surface area (Å²) in [7, 11) is 0. The van der Waals surface area contributed by atoms with Crippen molar-refractivity contribution in [2.24, 2.45) is 10.8 Å². The van der Waals surface area contributed by atoms with Crippen molar-refractivity contribution in [2.75, 3.05) is 0 Å². The first-order valence-corrected chi connectivity index (χ1v) is 22.8. The van der Waals surface area contributed by atoms with Gasteiger partial charge in [-0.25, -0.2) is 11.6 Å². The maximum Gasteiger partial charge on any atom is -1.00 e. The van der Waals surface area contributed by atoms with E-state index in [1.165, 1.54) is 91.0 Å². The topological polar surface area (TPSA) is 0 Å². The number of hydrogen-bond acceptors (Lipinski definition) is 0. The molecule has 0 aromatic heterocycles. The van der Waals surface area contributed by atoms with Crippen LogP contribution in [0, 0.1) is 23.8 Å². The Morgan fingerprint density at radius 1 is 0.585 bits per heavy atom. The largest absolute Gasteiger partial charge is 1.00 e. The zero-order valence-corrected chi connectivity index (χ0v) is 43.9. The Labute approximate surface area is 410 Å². The SMILES string of the molecule is CC(C)(C)C1=[C-]C(C)(C)c2cc3c(cc21)-c1cc2c(cc1C3)C(C)(C)C=C2C(C)(C)C.Cc1cc(C(C)(C)C)c[cH-]1.FC(F)(F)c1cccc([C](=[Zr+2])c2cccc(C(F)(F)F)c2)c1.[Cl-].[Cl-]. The van der Waals surface area contributed by atoms with E-state index >= 15 is 0 Å². The van der Waals surface area contributed by atoms with Crippen LogP contribution >= 0.6 is 0 Å². The number of halogens is 8. The second kappa shape index (κ2) is 18.6. The quantitative estimate of drug-likeness (QED) is 0.120. The number of fused-ring (bicyclic) bond motifs is 5. The molecule has 0 saturated carbocycles. The van der Waals surface area contributed by atoms with E-state index in [9.17, 15) is 26.3 Å². The van der Waals surface area contributed by atoms with Gasteiger partial charge in [-0.1, -0.05) is 126 Å². The zero-order valence-electron chi connectivity index (χ0n) is 40.0. The standard InChI is InChI=1S/C31H37.C15H8F6.C10H15.2ClH.Zr/c1-28(2,3)26-16-30(7,8)24-12-18-11-19-13-25-23(15-21(19)20(18)14-22(24)26)27(29(4,5)6)17-31(25,9)10;16-14(17,18)12-5-1-3-10(8-12)7-11-4-2-6-13(9-11)15(19,20)21;1-8-5-6-9(7-8)10(2,3)4;;;/h12-16H,11H2,1-10H3;1-6,8-9H;5-7H,1-4H3;2*1H;/q-1;;-1;;;+2/p-2. The number of aryl methyl sites for hydroxylation is 1. The van der Waals surface area contributed by atoms with Gasteiger partial charge in [0.1, 0.15) is 0 Å². The molecule has 0 N–H and O–H groups in total. The van der Waals surface area contributed by atoms with Crippen molar-refractivity contribution in [1.29, 1.82) is 0 Å². The number of alkyl halides is 6. The zero-order chi connectivity index (χ0) is 47.0. The van der Waals surface area contributed by atoms with Crippen LogP contribution in [0.5, 0.6) is 0 Å². The molecule has 0 fully saturated rings. The molecule has 0 radical (unpaired) electrons. The van der Waals surface area contributed by atoms with Crippen molar-refractivity contribution in [3.63, 3.8) is 0 Å². The first-order valence-electron chi connectivity index (χ1n) is 21.6. The van der Waals surface area contributed by atoms with Crippen molar-refractivity contribution in [3.8, 4) is 11.1 Å². The summed E-state index contributed by atoms with van der Waals surface area (Å²) >= 11 is 0.729. The predicted octanol–water partition coefficient (Wildman–Crippen LogP) is 10.4. The van der Waals surface area contributed by atoms with Crippen LogP contribution in [0.2, 0.25) is 0 Å². The van der Waals surface area contributed by atoms with Gasteiger partial charge in [0, 0.05) is 5.41 Å². The summed E-state index contributed by atoms with van der Waals surface area (Å²) in [5.74, 6) is 0. The molecule has 0 amide bonds. The van der Waals surface area contributed by atoms with Crippen LogP contribution < -0.4 is 24.8 Å². The number of hydrogen-bond donors (Lipinski definition) is 0. The van der Waals surface area contributed by atoms with Crippen molar-refractivity contribution in [3.05, 3.63) is 170 Å². The molecule has 3 aliphatic rings. The maximum absolute atomic E-state index is 12.7. The van der Waals surface area contributed by atoms with Gasteiger partial charge in [-0.05, 0) is 62.3 Å². The summed E-state index contributed by atoms with van der Waals surface area (Å²) < 4.78 is 76.7. The summed E-state index contributed by atoms with van der Waals surface area (Å²) in [5, 5.41) is 0. The van der Waals surface area contributed by atoms with E-state index in [2.05, 4.69) is 152 Å². The van der Waals surface area contributed by atoms with Crippen molar-refractivity contribution in [1.82, 2.24) is 0 Å². The molecule has 5 aromatic carbocycles. The Hall–Kier alpha value is -3.38. The van der Waals surface area contributed by atoms with Crippen LogP contribution in [0.1, 0.15) is 157 Å². The van der Waals surface area contributed by atoms with Gasteiger partial charge in [-0.3, -0.25) is 6.08 Å². The third kappa shape index (κ3) is 11.7. The third-order valence-electron chi connectivity index (χ3n) is 12.3. The molecule has 65 heavy (non-hydrogen) atoms. The predicted molar refractivity (Wildman–Crippen MR) is 246 cm³/mol. The first-order chi connectivity index (χ1) is 28.7. The van der Waals surface area contributed by atoms with Crippen molar-refractivity contribution in [2.45, 2.75) is 132 Å². The number of benzene rings is 4. The molecule has 346 valence electrons. The summed E-state index contributed by atoms with van der Waals surface area (Å²) in [6.45, 7) is 32.2. The molecule has 0 heterocycles. The molecule has 0 atom stereocenters. The molecular weight excluding hydrogens is 949 g/mol. The van der Waals surface area contributed by atoms with Crippen LogP contribution in [0.25, 0.3) is 22.3 Å². The molecule has 3 aliphatic carbocycles. The Kier molecular flexibility index (Phi) is 15.5. The number of rotatable bonds is 2. The van der Waals surface area contributed by atoms with Crippen LogP contribution in [0.15, 0.2) is 97.1 Å². The Balaban J connectivity index is 0.000000237. The van der Waals surface area contributed by atoms with E-state index in [1.807, 2.05) is 0 Å². The molecule has 8 rings (SSSR count). The van der Waals surface area contributed by atoms with Crippen molar-refractivity contribution < 1.29 is 75.4 Å². The minimum atomic E-state index is -4.49. The fraction of sp³-hybridized carbons (Fsp3) is 0.393. The molecule has 0 unspecified atom stereocenters. The Morgan fingerprint density at radius 2 is 1.06 bits per heavy atom. The molecule has 5 aromatic rings. The second-order valence-corrected chi connectivity index (χ2v) is 22.9. The minimum absolute atomic E-state index is 0. The molecule has 0 nitrogen and oxygen atoms in total. The van der Waals surface area contributed by atoms with Crippen molar-refractivity contribution >= 4 is 14.4 Å². The van der Waals surface area contributed by atoms with Gasteiger partial charge >= 0.3 is 137 Å². The van der Waals surface area contributed by atoms with Gasteiger partial charge < -0.3 is 24.8 Å². The van der Waals surface area contributed by atoms with E-state index in [4.69, 9.17) is 0 Å². The minimum Gasteiger partial charge on any atom is -1.00 e. The second-order valence-electron chi connectivity index (χ2n) is 21.7. The number of allylic oxidation sites excluding steroid dienone is 4. The average Bonchev–Trinajstić information content (AvgIpc) is 3.90. The summed E-state index contributed by atoms with van der Waals surface area (Å²) in [5.41, 5.74) is 16.9. The summed E-state index contributed by atoms with van der Waals surface area (Å²) in [4.78, 5) is 0. The van der Waals surface area contributed by atoms with Gasteiger partial charge in [0.2, 0.25) is 0 Å².